The van der Waals surface area contributed by atoms with Crippen LogP contribution in [0, 0.1) is 0 Å². The van der Waals surface area contributed by atoms with Gasteiger partial charge in [-0.05, 0) is 35.4 Å². The van der Waals surface area contributed by atoms with Crippen LogP contribution in [0.15, 0.2) is 42.5 Å². The maximum atomic E-state index is 13.2. The van der Waals surface area contributed by atoms with Gasteiger partial charge in [-0.2, -0.15) is 13.9 Å². The third-order valence-electron chi connectivity index (χ3n) is 3.63. The normalized spacial score (nSPS) is 11.2. The minimum atomic E-state index is -2.81. The SMILES string of the molecule is COc1cccc(-c2ccc3c(C(C)=O)nn(C(F)F)c3c2)c1. The van der Waals surface area contributed by atoms with Gasteiger partial charge in [0.2, 0.25) is 0 Å². The highest BCUT2D eigenvalue weighted by Crippen LogP contribution is 2.30. The molecule has 3 rings (SSSR count). The van der Waals surface area contributed by atoms with Crippen molar-refractivity contribution in [2.24, 2.45) is 0 Å². The summed E-state index contributed by atoms with van der Waals surface area (Å²) in [4.78, 5) is 11.6. The average molecular weight is 316 g/mol. The average Bonchev–Trinajstić information content (AvgIpc) is 2.94. The number of Topliss-reactive ketones (excluding diaryl/α,β-unsaturated/α-hetero) is 1. The highest BCUT2D eigenvalue weighted by molar-refractivity contribution is 6.05. The zero-order valence-corrected chi connectivity index (χ0v) is 12.6. The number of rotatable bonds is 4. The number of carbonyl (C=O) groups is 1. The van der Waals surface area contributed by atoms with Crippen LogP contribution in [-0.4, -0.2) is 22.7 Å². The van der Waals surface area contributed by atoms with E-state index in [2.05, 4.69) is 5.10 Å². The largest absolute Gasteiger partial charge is 0.497 e. The van der Waals surface area contributed by atoms with Crippen LogP contribution in [0.2, 0.25) is 0 Å². The number of fused-ring (bicyclic) bond motifs is 1. The number of nitrogens with zero attached hydrogens (tertiary/aromatic N) is 2. The first-order valence-electron chi connectivity index (χ1n) is 6.97. The van der Waals surface area contributed by atoms with Crippen molar-refractivity contribution in [2.45, 2.75) is 13.5 Å². The fourth-order valence-electron chi connectivity index (χ4n) is 2.53. The molecule has 0 bridgehead atoms. The Labute approximate surface area is 131 Å². The van der Waals surface area contributed by atoms with Gasteiger partial charge < -0.3 is 4.74 Å². The summed E-state index contributed by atoms with van der Waals surface area (Å²) in [5.74, 6) is 0.331. The van der Waals surface area contributed by atoms with Crippen molar-refractivity contribution < 1.29 is 18.3 Å². The van der Waals surface area contributed by atoms with E-state index in [4.69, 9.17) is 4.74 Å². The Morgan fingerprint density at radius 2 is 1.91 bits per heavy atom. The smallest absolute Gasteiger partial charge is 0.333 e. The van der Waals surface area contributed by atoms with Crippen molar-refractivity contribution in [3.63, 3.8) is 0 Å². The predicted molar refractivity (Wildman–Crippen MR) is 83.0 cm³/mol. The highest BCUT2D eigenvalue weighted by atomic mass is 19.3. The van der Waals surface area contributed by atoms with Crippen molar-refractivity contribution in [3.05, 3.63) is 48.2 Å². The van der Waals surface area contributed by atoms with Gasteiger partial charge in [0.15, 0.2) is 5.78 Å². The van der Waals surface area contributed by atoms with Crippen LogP contribution in [0.1, 0.15) is 24.0 Å². The maximum absolute atomic E-state index is 13.2. The molecule has 0 aliphatic rings. The molecule has 0 aliphatic carbocycles. The lowest BCUT2D eigenvalue weighted by molar-refractivity contribution is 0.0609. The van der Waals surface area contributed by atoms with Crippen LogP contribution >= 0.6 is 0 Å². The van der Waals surface area contributed by atoms with E-state index in [-0.39, 0.29) is 17.0 Å². The van der Waals surface area contributed by atoms with Gasteiger partial charge in [-0.1, -0.05) is 18.2 Å². The molecule has 4 nitrogen and oxygen atoms in total. The Bertz CT molecular complexity index is 887. The molecule has 0 atom stereocenters. The number of benzene rings is 2. The molecule has 2 aromatic carbocycles. The number of halogens is 2. The summed E-state index contributed by atoms with van der Waals surface area (Å²) in [7, 11) is 1.56. The van der Waals surface area contributed by atoms with Crippen molar-refractivity contribution in [2.75, 3.05) is 7.11 Å². The van der Waals surface area contributed by atoms with Crippen molar-refractivity contribution >= 4 is 16.7 Å². The molecule has 0 saturated heterocycles. The number of aromatic nitrogens is 2. The summed E-state index contributed by atoms with van der Waals surface area (Å²) in [6.45, 7) is -1.50. The third-order valence-corrected chi connectivity index (χ3v) is 3.63. The molecule has 0 amide bonds. The lowest BCUT2D eigenvalue weighted by Crippen LogP contribution is -2.02. The Morgan fingerprint density at radius 3 is 2.57 bits per heavy atom. The third kappa shape index (κ3) is 2.67. The molecule has 1 aromatic heterocycles. The summed E-state index contributed by atoms with van der Waals surface area (Å²) < 4.78 is 32.1. The second kappa shape index (κ2) is 5.79. The topological polar surface area (TPSA) is 44.1 Å². The fraction of sp³-hybridized carbons (Fsp3) is 0.176. The molecule has 3 aromatic rings. The first-order valence-corrected chi connectivity index (χ1v) is 6.97. The van der Waals surface area contributed by atoms with E-state index in [1.165, 1.54) is 6.92 Å². The predicted octanol–water partition coefficient (Wildman–Crippen LogP) is 4.31. The number of hydrogen-bond acceptors (Lipinski definition) is 3. The van der Waals surface area contributed by atoms with Crippen LogP contribution in [0.25, 0.3) is 22.0 Å². The van der Waals surface area contributed by atoms with Gasteiger partial charge in [0.05, 0.1) is 12.6 Å². The molecular weight excluding hydrogens is 302 g/mol. The molecule has 0 spiro atoms. The first kappa shape index (κ1) is 15.1. The Kier molecular flexibility index (Phi) is 3.82. The summed E-state index contributed by atoms with van der Waals surface area (Å²) in [6.07, 6.45) is 0. The molecule has 0 N–H and O–H groups in total. The molecule has 0 aliphatic heterocycles. The molecule has 0 radical (unpaired) electrons. The standard InChI is InChI=1S/C17H14F2N2O2/c1-10(22)16-14-7-6-12(9-15(14)21(20-16)17(18)19)11-4-3-5-13(8-11)23-2/h3-9,17H,1-2H3. The van der Waals surface area contributed by atoms with Crippen molar-refractivity contribution in [3.8, 4) is 16.9 Å². The molecule has 0 unspecified atom stereocenters. The molecule has 1 heterocycles. The minimum absolute atomic E-state index is 0.0532. The quantitative estimate of drug-likeness (QED) is 0.674. The van der Waals surface area contributed by atoms with E-state index in [1.807, 2.05) is 18.2 Å². The molecule has 118 valence electrons. The Hall–Kier alpha value is -2.76. The summed E-state index contributed by atoms with van der Waals surface area (Å²) in [5, 5.41) is 4.17. The fourth-order valence-corrected chi connectivity index (χ4v) is 2.53. The highest BCUT2D eigenvalue weighted by Gasteiger charge is 2.19. The summed E-state index contributed by atoms with van der Waals surface area (Å²) >= 11 is 0. The number of methoxy groups -OCH3 is 1. The van der Waals surface area contributed by atoms with Gasteiger partial charge in [0.1, 0.15) is 11.4 Å². The zero-order valence-electron chi connectivity index (χ0n) is 12.6. The summed E-state index contributed by atoms with van der Waals surface area (Å²) in [6, 6.07) is 12.3. The number of hydrogen-bond donors (Lipinski definition) is 0. The molecular formula is C17H14F2N2O2. The van der Waals surface area contributed by atoms with Crippen molar-refractivity contribution in [1.82, 2.24) is 9.78 Å². The molecule has 0 saturated carbocycles. The molecule has 0 fully saturated rings. The minimum Gasteiger partial charge on any atom is -0.497 e. The van der Waals surface area contributed by atoms with Crippen LogP contribution in [-0.2, 0) is 0 Å². The van der Waals surface area contributed by atoms with Gasteiger partial charge in [0.25, 0.3) is 0 Å². The van der Waals surface area contributed by atoms with Gasteiger partial charge in [-0.3, -0.25) is 4.79 Å². The lowest BCUT2D eigenvalue weighted by atomic mass is 10.0. The van der Waals surface area contributed by atoms with E-state index in [1.54, 1.807) is 31.4 Å². The lowest BCUT2D eigenvalue weighted by Gasteiger charge is -2.06. The second-order valence-corrected chi connectivity index (χ2v) is 5.09. The maximum Gasteiger partial charge on any atom is 0.333 e. The van der Waals surface area contributed by atoms with Gasteiger partial charge in [0, 0.05) is 12.3 Å². The number of ether oxygens (including phenoxy) is 1. The number of alkyl halides is 2. The van der Waals surface area contributed by atoms with E-state index in [9.17, 15) is 13.6 Å². The van der Waals surface area contributed by atoms with Gasteiger partial charge in [-0.15, -0.1) is 0 Å². The molecule has 6 heteroatoms. The van der Waals surface area contributed by atoms with Crippen molar-refractivity contribution in [1.29, 1.82) is 0 Å². The zero-order chi connectivity index (χ0) is 16.6. The van der Waals surface area contributed by atoms with Gasteiger partial charge >= 0.3 is 6.55 Å². The Morgan fingerprint density at radius 1 is 1.17 bits per heavy atom. The first-order chi connectivity index (χ1) is 11.0. The monoisotopic (exact) mass is 316 g/mol. The van der Waals surface area contributed by atoms with Crippen LogP contribution in [0.3, 0.4) is 0 Å². The number of carbonyl (C=O) groups excluding carboxylic acids is 1. The van der Waals surface area contributed by atoms with E-state index in [0.717, 1.165) is 11.1 Å². The second-order valence-electron chi connectivity index (χ2n) is 5.09. The summed E-state index contributed by atoms with van der Waals surface area (Å²) in [5.41, 5.74) is 1.86. The van der Waals surface area contributed by atoms with Crippen LogP contribution in [0.4, 0.5) is 8.78 Å². The van der Waals surface area contributed by atoms with Crippen LogP contribution < -0.4 is 4.74 Å². The van der Waals surface area contributed by atoms with Crippen LogP contribution in [0.5, 0.6) is 5.75 Å². The van der Waals surface area contributed by atoms with Gasteiger partial charge in [-0.25, -0.2) is 4.68 Å². The Balaban J connectivity index is 2.21. The van der Waals surface area contributed by atoms with E-state index < -0.39 is 6.55 Å². The van der Waals surface area contributed by atoms with E-state index >= 15 is 0 Å². The molecule has 23 heavy (non-hydrogen) atoms. The number of ketones is 1. The van der Waals surface area contributed by atoms with E-state index in [0.29, 0.717) is 15.8 Å².